The molecular formula is C15H16N4O2. The Balaban J connectivity index is 1.79. The molecule has 0 aliphatic heterocycles. The first kappa shape index (κ1) is 13.4. The molecule has 2 N–H and O–H groups in total. The number of oxazole rings is 1. The number of hydrogen-bond acceptors (Lipinski definition) is 5. The van der Waals surface area contributed by atoms with Crippen LogP contribution in [0.25, 0.3) is 10.9 Å². The summed E-state index contributed by atoms with van der Waals surface area (Å²) >= 11 is 0. The number of aryl methyl sites for hydroxylation is 2. The molecule has 0 saturated heterocycles. The maximum absolute atomic E-state index is 11.6. The molecule has 0 fully saturated rings. The van der Waals surface area contributed by atoms with Gasteiger partial charge in [0.1, 0.15) is 5.76 Å². The van der Waals surface area contributed by atoms with Crippen molar-refractivity contribution in [2.45, 2.75) is 20.3 Å². The van der Waals surface area contributed by atoms with Crippen LogP contribution in [0.3, 0.4) is 0 Å². The third-order valence-corrected chi connectivity index (χ3v) is 3.32. The van der Waals surface area contributed by atoms with E-state index in [1.165, 1.54) is 0 Å². The normalized spacial score (nSPS) is 11.0. The van der Waals surface area contributed by atoms with Crippen LogP contribution < -0.4 is 10.9 Å². The first-order chi connectivity index (χ1) is 10.1. The van der Waals surface area contributed by atoms with Crippen molar-refractivity contribution in [3.63, 3.8) is 0 Å². The number of aromatic nitrogens is 3. The average Bonchev–Trinajstić information content (AvgIpc) is 2.77. The maximum Gasteiger partial charge on any atom is 0.250 e. The van der Waals surface area contributed by atoms with Crippen LogP contribution in [-0.2, 0) is 6.42 Å². The van der Waals surface area contributed by atoms with Crippen molar-refractivity contribution in [3.05, 3.63) is 52.2 Å². The van der Waals surface area contributed by atoms with Crippen molar-refractivity contribution < 1.29 is 4.42 Å². The molecule has 0 radical (unpaired) electrons. The predicted molar refractivity (Wildman–Crippen MR) is 80.5 cm³/mol. The van der Waals surface area contributed by atoms with Gasteiger partial charge in [0.05, 0.1) is 17.4 Å². The molecule has 3 heterocycles. The van der Waals surface area contributed by atoms with Gasteiger partial charge < -0.3 is 14.7 Å². The van der Waals surface area contributed by atoms with Gasteiger partial charge in [-0.15, -0.1) is 0 Å². The number of nitrogens with zero attached hydrogens (tertiary/aromatic N) is 2. The summed E-state index contributed by atoms with van der Waals surface area (Å²) in [5.41, 5.74) is 2.32. The van der Waals surface area contributed by atoms with Gasteiger partial charge in [0.2, 0.25) is 0 Å². The second-order valence-electron chi connectivity index (χ2n) is 4.88. The fraction of sp³-hybridized carbons (Fsp3) is 0.267. The van der Waals surface area contributed by atoms with E-state index in [1.807, 2.05) is 19.9 Å². The van der Waals surface area contributed by atoms with E-state index in [-0.39, 0.29) is 5.56 Å². The molecule has 0 bridgehead atoms. The maximum atomic E-state index is 11.6. The molecule has 3 aromatic rings. The Labute approximate surface area is 121 Å². The first-order valence-corrected chi connectivity index (χ1v) is 6.77. The highest BCUT2D eigenvalue weighted by molar-refractivity contribution is 5.90. The number of pyridine rings is 2. The van der Waals surface area contributed by atoms with Gasteiger partial charge in [-0.05, 0) is 13.0 Å². The number of nitrogens with one attached hydrogen (secondary N) is 2. The molecule has 3 rings (SSSR count). The minimum atomic E-state index is -0.147. The summed E-state index contributed by atoms with van der Waals surface area (Å²) in [5, 5.41) is 4.23. The van der Waals surface area contributed by atoms with Crippen molar-refractivity contribution in [2.75, 3.05) is 11.9 Å². The fourth-order valence-electron chi connectivity index (χ4n) is 2.37. The summed E-state index contributed by atoms with van der Waals surface area (Å²) in [4.78, 5) is 22.8. The first-order valence-electron chi connectivity index (χ1n) is 6.77. The molecule has 0 atom stereocenters. The lowest BCUT2D eigenvalue weighted by molar-refractivity contribution is 0.493. The van der Waals surface area contributed by atoms with Crippen LogP contribution >= 0.6 is 0 Å². The van der Waals surface area contributed by atoms with Gasteiger partial charge in [-0.25, -0.2) is 4.98 Å². The number of rotatable bonds is 4. The van der Waals surface area contributed by atoms with Crippen LogP contribution in [0, 0.1) is 13.8 Å². The average molecular weight is 284 g/mol. The largest absolute Gasteiger partial charge is 0.446 e. The lowest BCUT2D eigenvalue weighted by atomic mass is 10.2. The minimum absolute atomic E-state index is 0.147. The smallest absolute Gasteiger partial charge is 0.250 e. The third kappa shape index (κ3) is 2.79. The summed E-state index contributed by atoms with van der Waals surface area (Å²) in [6.45, 7) is 4.42. The molecule has 0 amide bonds. The van der Waals surface area contributed by atoms with E-state index in [0.29, 0.717) is 12.4 Å². The quantitative estimate of drug-likeness (QED) is 0.767. The number of fused-ring (bicyclic) bond motifs is 1. The van der Waals surface area contributed by atoms with E-state index in [4.69, 9.17) is 4.42 Å². The van der Waals surface area contributed by atoms with Gasteiger partial charge >= 0.3 is 0 Å². The van der Waals surface area contributed by atoms with Gasteiger partial charge in [0.15, 0.2) is 5.89 Å². The van der Waals surface area contributed by atoms with E-state index in [0.717, 1.165) is 34.5 Å². The molecule has 0 unspecified atom stereocenters. The molecule has 0 aliphatic carbocycles. The highest BCUT2D eigenvalue weighted by atomic mass is 16.4. The van der Waals surface area contributed by atoms with Gasteiger partial charge in [-0.2, -0.15) is 0 Å². The van der Waals surface area contributed by atoms with Crippen molar-refractivity contribution in [3.8, 4) is 0 Å². The zero-order valence-electron chi connectivity index (χ0n) is 11.9. The summed E-state index contributed by atoms with van der Waals surface area (Å²) < 4.78 is 5.40. The molecule has 0 spiro atoms. The zero-order valence-corrected chi connectivity index (χ0v) is 11.9. The number of anilines is 1. The third-order valence-electron chi connectivity index (χ3n) is 3.32. The number of H-pyrrole nitrogens is 1. The summed E-state index contributed by atoms with van der Waals surface area (Å²) in [6.07, 6.45) is 4.09. The van der Waals surface area contributed by atoms with E-state index < -0.39 is 0 Å². The zero-order chi connectivity index (χ0) is 14.8. The van der Waals surface area contributed by atoms with Crippen LogP contribution in [0.1, 0.15) is 17.3 Å². The SMILES string of the molecule is Cc1nc(CCNc2cc(=O)[nH]c3cnccc23)c(C)o1. The van der Waals surface area contributed by atoms with E-state index >= 15 is 0 Å². The van der Waals surface area contributed by atoms with Crippen molar-refractivity contribution in [1.82, 2.24) is 15.0 Å². The Morgan fingerprint density at radius 1 is 1.38 bits per heavy atom. The highest BCUT2D eigenvalue weighted by Crippen LogP contribution is 2.18. The molecule has 0 aliphatic rings. The van der Waals surface area contributed by atoms with Crippen molar-refractivity contribution in [1.29, 1.82) is 0 Å². The minimum Gasteiger partial charge on any atom is -0.446 e. The standard InChI is InChI=1S/C15H16N4O2/c1-9-12(18-10(2)21-9)4-6-17-13-7-15(20)19-14-8-16-5-3-11(13)14/h3,5,7-8H,4,6H2,1-2H3,(H2,17,19,20). The number of aromatic amines is 1. The summed E-state index contributed by atoms with van der Waals surface area (Å²) in [6, 6.07) is 3.43. The van der Waals surface area contributed by atoms with Crippen LogP contribution in [0.15, 0.2) is 33.7 Å². The van der Waals surface area contributed by atoms with E-state index in [9.17, 15) is 4.79 Å². The van der Waals surface area contributed by atoms with Crippen molar-refractivity contribution >= 4 is 16.6 Å². The Kier molecular flexibility index (Phi) is 3.43. The Bertz CT molecular complexity index is 835. The lowest BCUT2D eigenvalue weighted by Crippen LogP contribution is -2.11. The summed E-state index contributed by atoms with van der Waals surface area (Å²) in [7, 11) is 0. The van der Waals surface area contributed by atoms with Gasteiger partial charge in [-0.3, -0.25) is 9.78 Å². The lowest BCUT2D eigenvalue weighted by Gasteiger charge is -2.08. The molecule has 6 nitrogen and oxygen atoms in total. The Morgan fingerprint density at radius 2 is 2.24 bits per heavy atom. The van der Waals surface area contributed by atoms with Crippen LogP contribution in [0.2, 0.25) is 0 Å². The molecule has 6 heteroatoms. The van der Waals surface area contributed by atoms with Crippen LogP contribution in [0.4, 0.5) is 5.69 Å². The molecule has 108 valence electrons. The Hall–Kier alpha value is -2.63. The monoisotopic (exact) mass is 284 g/mol. The molecule has 0 aromatic carbocycles. The predicted octanol–water partition coefficient (Wildman–Crippen LogP) is 2.18. The molecule has 3 aromatic heterocycles. The topological polar surface area (TPSA) is 83.8 Å². The molecule has 0 saturated carbocycles. The molecular weight excluding hydrogens is 268 g/mol. The number of hydrogen-bond donors (Lipinski definition) is 2. The van der Waals surface area contributed by atoms with Gasteiger partial charge in [0, 0.05) is 43.2 Å². The fourth-order valence-corrected chi connectivity index (χ4v) is 2.37. The van der Waals surface area contributed by atoms with Crippen LogP contribution in [-0.4, -0.2) is 21.5 Å². The van der Waals surface area contributed by atoms with E-state index in [1.54, 1.807) is 18.5 Å². The van der Waals surface area contributed by atoms with Gasteiger partial charge in [0.25, 0.3) is 5.56 Å². The van der Waals surface area contributed by atoms with E-state index in [2.05, 4.69) is 20.3 Å². The van der Waals surface area contributed by atoms with Gasteiger partial charge in [-0.1, -0.05) is 0 Å². The van der Waals surface area contributed by atoms with Crippen molar-refractivity contribution in [2.24, 2.45) is 0 Å². The second kappa shape index (κ2) is 5.40. The highest BCUT2D eigenvalue weighted by Gasteiger charge is 2.07. The summed E-state index contributed by atoms with van der Waals surface area (Å²) in [5.74, 6) is 1.52. The Morgan fingerprint density at radius 3 is 3.00 bits per heavy atom. The van der Waals surface area contributed by atoms with Crippen LogP contribution in [0.5, 0.6) is 0 Å². The second-order valence-corrected chi connectivity index (χ2v) is 4.88. The molecule has 21 heavy (non-hydrogen) atoms.